The van der Waals surface area contributed by atoms with Crippen molar-refractivity contribution in [3.8, 4) is 0 Å². The van der Waals surface area contributed by atoms with E-state index in [1.165, 1.54) is 16.6 Å². The molecule has 2 aromatic rings. The Hall–Kier alpha value is -1.28. The van der Waals surface area contributed by atoms with E-state index in [1.54, 1.807) is 0 Å². The zero-order valence-electron chi connectivity index (χ0n) is 8.83. The van der Waals surface area contributed by atoms with Crippen molar-refractivity contribution in [2.75, 3.05) is 0 Å². The number of aliphatic hydroxyl groups excluding tert-OH is 1. The van der Waals surface area contributed by atoms with Gasteiger partial charge in [-0.15, -0.1) is 0 Å². The van der Waals surface area contributed by atoms with Crippen LogP contribution in [0.1, 0.15) is 16.7 Å². The maximum atomic E-state index is 9.20. The lowest BCUT2D eigenvalue weighted by Crippen LogP contribution is -1.86. The molecule has 0 amide bonds. The third-order valence-corrected chi connectivity index (χ3v) is 2.86. The van der Waals surface area contributed by atoms with Crippen molar-refractivity contribution in [1.29, 1.82) is 0 Å². The first-order valence-electron chi connectivity index (χ1n) is 4.79. The normalized spacial score (nSPS) is 11.1. The topological polar surface area (TPSA) is 25.2 Å². The van der Waals surface area contributed by atoms with Crippen LogP contribution in [0.4, 0.5) is 0 Å². The fourth-order valence-electron chi connectivity index (χ4n) is 1.85. The first kappa shape index (κ1) is 9.28. The molecule has 2 rings (SSSR count). The molecular formula is C12H15NO. The predicted molar refractivity (Wildman–Crippen MR) is 58.3 cm³/mol. The van der Waals surface area contributed by atoms with Gasteiger partial charge < -0.3 is 9.67 Å². The van der Waals surface area contributed by atoms with E-state index < -0.39 is 0 Å². The van der Waals surface area contributed by atoms with Crippen LogP contribution in [0.15, 0.2) is 18.3 Å². The highest BCUT2D eigenvalue weighted by atomic mass is 16.3. The molecule has 2 nitrogen and oxygen atoms in total. The lowest BCUT2D eigenvalue weighted by atomic mass is 10.1. The molecule has 14 heavy (non-hydrogen) atoms. The Bertz CT molecular complexity index is 483. The van der Waals surface area contributed by atoms with Crippen molar-refractivity contribution in [2.45, 2.75) is 20.5 Å². The fourth-order valence-corrected chi connectivity index (χ4v) is 1.85. The number of hydrogen-bond acceptors (Lipinski definition) is 1. The van der Waals surface area contributed by atoms with Gasteiger partial charge in [0.25, 0.3) is 0 Å². The molecule has 1 N–H and O–H groups in total. The summed E-state index contributed by atoms with van der Waals surface area (Å²) in [7, 11) is 2.01. The Morgan fingerprint density at radius 1 is 1.21 bits per heavy atom. The molecule has 0 atom stereocenters. The van der Waals surface area contributed by atoms with Crippen molar-refractivity contribution in [3.05, 3.63) is 35.0 Å². The molecule has 0 fully saturated rings. The smallest absolute Gasteiger partial charge is 0.0702 e. The summed E-state index contributed by atoms with van der Waals surface area (Å²) in [5, 5.41) is 10.4. The van der Waals surface area contributed by atoms with E-state index in [0.29, 0.717) is 0 Å². The Labute approximate surface area is 83.8 Å². The van der Waals surface area contributed by atoms with Crippen LogP contribution in [-0.2, 0) is 13.7 Å². The largest absolute Gasteiger partial charge is 0.392 e. The molecule has 0 saturated heterocycles. The Balaban J connectivity index is 2.84. The minimum absolute atomic E-state index is 0.111. The van der Waals surface area contributed by atoms with Crippen molar-refractivity contribution >= 4 is 10.9 Å². The van der Waals surface area contributed by atoms with Gasteiger partial charge in [0.15, 0.2) is 0 Å². The van der Waals surface area contributed by atoms with Crippen LogP contribution < -0.4 is 0 Å². The summed E-state index contributed by atoms with van der Waals surface area (Å²) < 4.78 is 2.06. The molecule has 0 bridgehead atoms. The van der Waals surface area contributed by atoms with E-state index >= 15 is 0 Å². The highest BCUT2D eigenvalue weighted by molar-refractivity contribution is 5.85. The number of aromatic nitrogens is 1. The van der Waals surface area contributed by atoms with Gasteiger partial charge in [0, 0.05) is 29.7 Å². The summed E-state index contributed by atoms with van der Waals surface area (Å²) in [6, 6.07) is 4.32. The highest BCUT2D eigenvalue weighted by Crippen LogP contribution is 2.24. The SMILES string of the molecule is Cc1cc2c(CO)cn(C)c2cc1C. The number of hydrogen-bond donors (Lipinski definition) is 1. The van der Waals surface area contributed by atoms with Gasteiger partial charge in [0.05, 0.1) is 6.61 Å². The third kappa shape index (κ3) is 1.23. The van der Waals surface area contributed by atoms with Gasteiger partial charge in [-0.1, -0.05) is 0 Å². The first-order chi connectivity index (χ1) is 6.63. The second-order valence-electron chi connectivity index (χ2n) is 3.88. The van der Waals surface area contributed by atoms with Gasteiger partial charge in [-0.25, -0.2) is 0 Å². The number of fused-ring (bicyclic) bond motifs is 1. The first-order valence-corrected chi connectivity index (χ1v) is 4.79. The standard InChI is InChI=1S/C12H15NO/c1-8-4-11-10(7-14)6-13(3)12(11)5-9(8)2/h4-6,14H,7H2,1-3H3. The van der Waals surface area contributed by atoms with E-state index in [1.807, 2.05) is 13.2 Å². The van der Waals surface area contributed by atoms with Gasteiger partial charge in [0.1, 0.15) is 0 Å². The molecule has 0 spiro atoms. The lowest BCUT2D eigenvalue weighted by Gasteiger charge is -2.02. The summed E-state index contributed by atoms with van der Waals surface area (Å²) in [6.07, 6.45) is 1.99. The second-order valence-corrected chi connectivity index (χ2v) is 3.88. The number of aryl methyl sites for hydroxylation is 3. The number of rotatable bonds is 1. The summed E-state index contributed by atoms with van der Waals surface area (Å²) in [6.45, 7) is 4.32. The van der Waals surface area contributed by atoms with Crippen LogP contribution in [0.2, 0.25) is 0 Å². The number of aliphatic hydroxyl groups is 1. The van der Waals surface area contributed by atoms with Crippen molar-refractivity contribution in [3.63, 3.8) is 0 Å². The molecule has 1 aromatic heterocycles. The van der Waals surface area contributed by atoms with Gasteiger partial charge >= 0.3 is 0 Å². The van der Waals surface area contributed by atoms with Crippen molar-refractivity contribution in [2.24, 2.45) is 7.05 Å². The van der Waals surface area contributed by atoms with Gasteiger partial charge in [-0.2, -0.15) is 0 Å². The molecule has 0 aliphatic rings. The Morgan fingerprint density at radius 2 is 1.86 bits per heavy atom. The predicted octanol–water partition coefficient (Wildman–Crippen LogP) is 2.29. The molecule has 1 heterocycles. The average molecular weight is 189 g/mol. The molecule has 0 aliphatic heterocycles. The van der Waals surface area contributed by atoms with E-state index in [9.17, 15) is 5.11 Å². The Morgan fingerprint density at radius 3 is 2.50 bits per heavy atom. The quantitative estimate of drug-likeness (QED) is 0.731. The number of benzene rings is 1. The molecule has 1 aromatic carbocycles. The maximum Gasteiger partial charge on any atom is 0.0702 e. The van der Waals surface area contributed by atoms with Gasteiger partial charge in [-0.05, 0) is 37.1 Å². The minimum Gasteiger partial charge on any atom is -0.392 e. The van der Waals surface area contributed by atoms with E-state index in [0.717, 1.165) is 10.9 Å². The van der Waals surface area contributed by atoms with Crippen molar-refractivity contribution < 1.29 is 5.11 Å². The minimum atomic E-state index is 0.111. The molecule has 0 saturated carbocycles. The van der Waals surface area contributed by atoms with Gasteiger partial charge in [-0.3, -0.25) is 0 Å². The van der Waals surface area contributed by atoms with Crippen LogP contribution in [0, 0.1) is 13.8 Å². The van der Waals surface area contributed by atoms with E-state index in [-0.39, 0.29) is 6.61 Å². The molecule has 0 radical (unpaired) electrons. The second kappa shape index (κ2) is 3.14. The van der Waals surface area contributed by atoms with Crippen LogP contribution in [0.5, 0.6) is 0 Å². The van der Waals surface area contributed by atoms with Crippen molar-refractivity contribution in [1.82, 2.24) is 4.57 Å². The monoisotopic (exact) mass is 189 g/mol. The zero-order chi connectivity index (χ0) is 10.3. The lowest BCUT2D eigenvalue weighted by molar-refractivity contribution is 0.283. The average Bonchev–Trinajstić information content (AvgIpc) is 2.45. The van der Waals surface area contributed by atoms with Crippen LogP contribution in [-0.4, -0.2) is 9.67 Å². The van der Waals surface area contributed by atoms with Crippen LogP contribution >= 0.6 is 0 Å². The summed E-state index contributed by atoms with van der Waals surface area (Å²) in [5.74, 6) is 0. The van der Waals surface area contributed by atoms with Gasteiger partial charge in [0.2, 0.25) is 0 Å². The molecular weight excluding hydrogens is 174 g/mol. The van der Waals surface area contributed by atoms with E-state index in [2.05, 4.69) is 30.5 Å². The Kier molecular flexibility index (Phi) is 2.08. The van der Waals surface area contributed by atoms with Crippen LogP contribution in [0.25, 0.3) is 10.9 Å². The zero-order valence-corrected chi connectivity index (χ0v) is 8.83. The third-order valence-electron chi connectivity index (χ3n) is 2.86. The molecule has 2 heteroatoms. The molecule has 0 unspecified atom stereocenters. The summed E-state index contributed by atoms with van der Waals surface area (Å²) in [5.41, 5.74) is 4.77. The molecule has 0 aliphatic carbocycles. The number of nitrogens with zero attached hydrogens (tertiary/aromatic N) is 1. The molecule has 74 valence electrons. The fraction of sp³-hybridized carbons (Fsp3) is 0.333. The highest BCUT2D eigenvalue weighted by Gasteiger charge is 2.06. The van der Waals surface area contributed by atoms with Crippen LogP contribution in [0.3, 0.4) is 0 Å². The summed E-state index contributed by atoms with van der Waals surface area (Å²) in [4.78, 5) is 0. The maximum absolute atomic E-state index is 9.20. The van der Waals surface area contributed by atoms with E-state index in [4.69, 9.17) is 0 Å². The summed E-state index contributed by atoms with van der Waals surface area (Å²) >= 11 is 0.